The Labute approximate surface area is 55.9 Å². The molecule has 0 unspecified atom stereocenters. The topological polar surface area (TPSA) is 86.2 Å². The predicted octanol–water partition coefficient (Wildman–Crippen LogP) is -3.38. The van der Waals surface area contributed by atoms with Crippen molar-refractivity contribution in [1.82, 2.24) is 0 Å². The molecule has 47 valence electrons. The summed E-state index contributed by atoms with van der Waals surface area (Å²) < 4.78 is 34.4. The van der Waals surface area contributed by atoms with Crippen LogP contribution in [0.5, 0.6) is 0 Å². The SMILES string of the molecule is O=[As]([O-])([O-])[O-].[Cl][Cu+3]. The molecule has 0 rings (SSSR count). The van der Waals surface area contributed by atoms with Crippen molar-refractivity contribution in [2.24, 2.45) is 0 Å². The number of hydrogen-bond acceptors (Lipinski definition) is 4. The van der Waals surface area contributed by atoms with E-state index in [9.17, 15) is 0 Å². The molecule has 0 N–H and O–H groups in total. The minimum atomic E-state index is -5.88. The van der Waals surface area contributed by atoms with Gasteiger partial charge in [0.05, 0.1) is 0 Å². The van der Waals surface area contributed by atoms with Crippen molar-refractivity contribution >= 4 is 24.6 Å². The standard InChI is InChI=1S/AsH3O4.ClH.Cu/c2-1(3,4)5;;/h(H3,2,3,4,5);1H;/q;;+4/p-4. The van der Waals surface area contributed by atoms with Crippen molar-refractivity contribution in [3.63, 3.8) is 0 Å². The summed E-state index contributed by atoms with van der Waals surface area (Å²) in [7, 11) is 4.20. The van der Waals surface area contributed by atoms with E-state index in [1.807, 2.05) is 0 Å². The molecule has 0 aliphatic carbocycles. The number of halogens is 1. The second kappa shape index (κ2) is 5.19. The zero-order chi connectivity index (χ0) is 6.50. The van der Waals surface area contributed by atoms with Gasteiger partial charge in [0.15, 0.2) is 0 Å². The van der Waals surface area contributed by atoms with Crippen molar-refractivity contribution in [2.75, 3.05) is 0 Å². The van der Waals surface area contributed by atoms with E-state index in [1.165, 1.54) is 0 Å². The molecule has 0 radical (unpaired) electrons. The van der Waals surface area contributed by atoms with Crippen LogP contribution in [0, 0.1) is 0 Å². The maximum atomic E-state index is 8.61. The average Bonchev–Trinajstić information content (AvgIpc) is 1.36. The molecule has 0 aliphatic rings. The molecule has 0 aromatic carbocycles. The number of hydrogen-bond donors (Lipinski definition) is 0. The summed E-state index contributed by atoms with van der Waals surface area (Å²) in [5, 5.41) is 0. The van der Waals surface area contributed by atoms with Crippen LogP contribution in [-0.2, 0) is 18.8 Å². The zero-order valence-electron chi connectivity index (χ0n) is 2.76. The summed E-state index contributed by atoms with van der Waals surface area (Å²) in [5.74, 6) is 0. The normalized spacial score (nSPS) is 9.29. The van der Waals surface area contributed by atoms with Gasteiger partial charge < -0.3 is 0 Å². The summed E-state index contributed by atoms with van der Waals surface area (Å²) in [6.07, 6.45) is 0. The Kier molecular flexibility index (Phi) is 8.10. The van der Waals surface area contributed by atoms with Crippen LogP contribution in [0.4, 0.5) is 0 Å². The molecule has 0 atom stereocenters. The van der Waals surface area contributed by atoms with E-state index in [2.05, 4.69) is 25.2 Å². The first kappa shape index (κ1) is 10.9. The van der Waals surface area contributed by atoms with Gasteiger partial charge in [-0.1, -0.05) is 0 Å². The van der Waals surface area contributed by atoms with Gasteiger partial charge in [-0.15, -0.1) is 0 Å². The van der Waals surface area contributed by atoms with Gasteiger partial charge in [0.25, 0.3) is 0 Å². The average molecular weight is 238 g/mol. The van der Waals surface area contributed by atoms with E-state index in [0.717, 1.165) is 0 Å². The molecule has 0 bridgehead atoms. The van der Waals surface area contributed by atoms with E-state index in [4.69, 9.17) is 16.0 Å². The van der Waals surface area contributed by atoms with Crippen molar-refractivity contribution in [1.29, 1.82) is 0 Å². The third kappa shape index (κ3) is 164. The molecule has 7 heavy (non-hydrogen) atoms. The molecule has 0 aromatic heterocycles. The van der Waals surface area contributed by atoms with E-state index in [0.29, 0.717) is 0 Å². The summed E-state index contributed by atoms with van der Waals surface area (Å²) in [6, 6.07) is 0. The second-order valence-electron chi connectivity index (χ2n) is 0.447. The third-order valence-corrected chi connectivity index (χ3v) is 0. The Morgan fingerprint density at radius 2 is 1.29 bits per heavy atom. The van der Waals surface area contributed by atoms with Gasteiger partial charge in [-0.05, 0) is 0 Å². The maximum absolute atomic E-state index is 8.61. The van der Waals surface area contributed by atoms with E-state index in [-0.39, 0.29) is 0 Å². The molecule has 0 saturated carbocycles. The Hall–Kier alpha value is 1.05. The van der Waals surface area contributed by atoms with Crippen molar-refractivity contribution in [3.8, 4) is 0 Å². The quantitative estimate of drug-likeness (QED) is 0.412. The third-order valence-electron chi connectivity index (χ3n) is 0. The van der Waals surface area contributed by atoms with Crippen LogP contribution in [0.2, 0.25) is 0 Å². The molecule has 0 amide bonds. The van der Waals surface area contributed by atoms with Crippen LogP contribution >= 0.6 is 10.1 Å². The Morgan fingerprint density at radius 1 is 1.29 bits per heavy atom. The predicted molar refractivity (Wildman–Crippen MR) is 12.3 cm³/mol. The monoisotopic (exact) mass is 237 g/mol. The zero-order valence-corrected chi connectivity index (χ0v) is 6.33. The van der Waals surface area contributed by atoms with Crippen LogP contribution in [0.1, 0.15) is 0 Å². The molecule has 0 aromatic rings. The van der Waals surface area contributed by atoms with Crippen LogP contribution in [0.3, 0.4) is 0 Å². The van der Waals surface area contributed by atoms with Gasteiger partial charge >= 0.3 is 55.7 Å². The molecule has 0 spiro atoms. The first-order valence-electron chi connectivity index (χ1n) is 0.844. The molecule has 0 heterocycles. The fourth-order valence-electron chi connectivity index (χ4n) is 0. The molecular formula is AsClCuO4. The van der Waals surface area contributed by atoms with Gasteiger partial charge in [-0.2, -0.15) is 0 Å². The van der Waals surface area contributed by atoms with E-state index < -0.39 is 14.5 Å². The Bertz CT molecular complexity index is 57.8. The molecule has 4 nitrogen and oxygen atoms in total. The molecule has 0 saturated heterocycles. The minimum absolute atomic E-state index is 3.66. The summed E-state index contributed by atoms with van der Waals surface area (Å²) in [6.45, 7) is 0. The van der Waals surface area contributed by atoms with Gasteiger partial charge in [-0.25, -0.2) is 0 Å². The fraction of sp³-hybridized carbons (Fsp3) is 0. The number of rotatable bonds is 0. The molecule has 0 fully saturated rings. The molecular weight excluding hydrogens is 238 g/mol. The van der Waals surface area contributed by atoms with Crippen molar-refractivity contribution < 1.29 is 31.1 Å². The molecule has 0 aliphatic heterocycles. The first-order valence-corrected chi connectivity index (χ1v) is 5.20. The van der Waals surface area contributed by atoms with Gasteiger partial charge in [0.1, 0.15) is 0 Å². The van der Waals surface area contributed by atoms with Crippen molar-refractivity contribution in [3.05, 3.63) is 0 Å². The van der Waals surface area contributed by atoms with Crippen LogP contribution in [0.15, 0.2) is 0 Å². The fourth-order valence-corrected chi connectivity index (χ4v) is 0. The van der Waals surface area contributed by atoms with Gasteiger partial charge in [0, 0.05) is 0 Å². The first-order chi connectivity index (χ1) is 3.00. The molecule has 7 heteroatoms. The Morgan fingerprint density at radius 3 is 1.29 bits per heavy atom. The van der Waals surface area contributed by atoms with Crippen molar-refractivity contribution in [2.45, 2.75) is 0 Å². The van der Waals surface area contributed by atoms with Crippen LogP contribution in [-0.4, -0.2) is 14.5 Å². The summed E-state index contributed by atoms with van der Waals surface area (Å²) in [4.78, 5) is 0. The van der Waals surface area contributed by atoms with Gasteiger partial charge in [0.2, 0.25) is 0 Å². The van der Waals surface area contributed by atoms with Crippen LogP contribution in [0.25, 0.3) is 0 Å². The Balaban J connectivity index is 0. The van der Waals surface area contributed by atoms with E-state index >= 15 is 0 Å². The van der Waals surface area contributed by atoms with E-state index in [1.54, 1.807) is 0 Å². The summed E-state index contributed by atoms with van der Waals surface area (Å²) in [5.41, 5.74) is 0. The summed E-state index contributed by atoms with van der Waals surface area (Å²) >= 11 is -2.22. The van der Waals surface area contributed by atoms with Crippen LogP contribution < -0.4 is 12.3 Å². The second-order valence-corrected chi connectivity index (χ2v) is 2.32. The van der Waals surface area contributed by atoms with Gasteiger partial charge in [-0.3, -0.25) is 0 Å².